The predicted molar refractivity (Wildman–Crippen MR) is 75.9 cm³/mol. The minimum atomic E-state index is 0.428. The maximum atomic E-state index is 5.54. The van der Waals surface area contributed by atoms with Gasteiger partial charge in [0.15, 0.2) is 0 Å². The van der Waals surface area contributed by atoms with E-state index in [1.165, 1.54) is 11.1 Å². The van der Waals surface area contributed by atoms with Crippen molar-refractivity contribution >= 4 is 6.01 Å². The van der Waals surface area contributed by atoms with Crippen LogP contribution in [-0.4, -0.2) is 19.1 Å². The Morgan fingerprint density at radius 3 is 2.74 bits per heavy atom. The number of methoxy groups -OCH3 is 1. The third-order valence-electron chi connectivity index (χ3n) is 3.06. The first-order valence-electron chi connectivity index (χ1n) is 6.43. The van der Waals surface area contributed by atoms with Gasteiger partial charge in [-0.15, -0.1) is 0 Å². The van der Waals surface area contributed by atoms with Gasteiger partial charge in [0.25, 0.3) is 6.01 Å². The molecule has 0 spiro atoms. The summed E-state index contributed by atoms with van der Waals surface area (Å²) in [7, 11) is 3.50. The van der Waals surface area contributed by atoms with Crippen LogP contribution in [0.3, 0.4) is 0 Å². The van der Waals surface area contributed by atoms with E-state index in [1.54, 1.807) is 20.4 Å². The Morgan fingerprint density at radius 2 is 2.16 bits per heavy atom. The van der Waals surface area contributed by atoms with E-state index < -0.39 is 0 Å². The third kappa shape index (κ3) is 3.08. The molecule has 1 N–H and O–H groups in total. The van der Waals surface area contributed by atoms with Crippen molar-refractivity contribution in [2.24, 2.45) is 0 Å². The van der Waals surface area contributed by atoms with Crippen molar-refractivity contribution in [3.63, 3.8) is 0 Å². The minimum Gasteiger partial charge on any atom is -0.496 e. The zero-order chi connectivity index (χ0) is 13.8. The summed E-state index contributed by atoms with van der Waals surface area (Å²) >= 11 is 0. The summed E-state index contributed by atoms with van der Waals surface area (Å²) in [5.74, 6) is 2.22. The van der Waals surface area contributed by atoms with Crippen LogP contribution in [0.15, 0.2) is 28.8 Å². The van der Waals surface area contributed by atoms with Crippen LogP contribution in [0.5, 0.6) is 5.75 Å². The largest absolute Gasteiger partial charge is 0.496 e. The number of hydrogen-bond acceptors (Lipinski definition) is 4. The van der Waals surface area contributed by atoms with E-state index in [0.717, 1.165) is 17.9 Å². The summed E-state index contributed by atoms with van der Waals surface area (Å²) in [5.41, 5.74) is 2.41. The normalized spacial score (nSPS) is 10.8. The van der Waals surface area contributed by atoms with Crippen LogP contribution >= 0.6 is 0 Å². The van der Waals surface area contributed by atoms with Gasteiger partial charge in [-0.3, -0.25) is 0 Å². The van der Waals surface area contributed by atoms with Crippen molar-refractivity contribution in [3.05, 3.63) is 41.3 Å². The number of hydrogen-bond donors (Lipinski definition) is 1. The highest BCUT2D eigenvalue weighted by atomic mass is 16.5. The van der Waals surface area contributed by atoms with Crippen LogP contribution in [0.1, 0.15) is 36.7 Å². The topological polar surface area (TPSA) is 47.3 Å². The Labute approximate surface area is 113 Å². The van der Waals surface area contributed by atoms with Gasteiger partial charge in [-0.2, -0.15) is 0 Å². The molecule has 0 aliphatic rings. The Morgan fingerprint density at radius 1 is 1.37 bits per heavy atom. The van der Waals surface area contributed by atoms with Crippen LogP contribution in [0.2, 0.25) is 0 Å². The summed E-state index contributed by atoms with van der Waals surface area (Å²) in [4.78, 5) is 4.12. The van der Waals surface area contributed by atoms with Gasteiger partial charge in [-0.05, 0) is 23.1 Å². The average Bonchev–Trinajstić information content (AvgIpc) is 2.86. The van der Waals surface area contributed by atoms with Crippen LogP contribution in [0.4, 0.5) is 6.01 Å². The summed E-state index contributed by atoms with van der Waals surface area (Å²) < 4.78 is 10.9. The zero-order valence-electron chi connectivity index (χ0n) is 11.9. The fourth-order valence-electron chi connectivity index (χ4n) is 2.05. The van der Waals surface area contributed by atoms with Gasteiger partial charge in [0.05, 0.1) is 13.3 Å². The van der Waals surface area contributed by atoms with Crippen LogP contribution in [0.25, 0.3) is 0 Å². The molecule has 0 fully saturated rings. The quantitative estimate of drug-likeness (QED) is 0.894. The van der Waals surface area contributed by atoms with Crippen molar-refractivity contribution in [2.45, 2.75) is 26.2 Å². The highest BCUT2D eigenvalue weighted by molar-refractivity contribution is 5.40. The molecule has 102 valence electrons. The number of benzene rings is 1. The molecule has 0 bridgehead atoms. The molecule has 4 heteroatoms. The lowest BCUT2D eigenvalue weighted by atomic mass is 9.98. The second kappa shape index (κ2) is 5.78. The van der Waals surface area contributed by atoms with Crippen LogP contribution < -0.4 is 10.1 Å². The van der Waals surface area contributed by atoms with Crippen molar-refractivity contribution in [2.75, 3.05) is 19.5 Å². The van der Waals surface area contributed by atoms with Crippen molar-refractivity contribution < 1.29 is 9.15 Å². The molecule has 0 saturated heterocycles. The molecule has 0 radical (unpaired) electrons. The number of aromatic nitrogens is 1. The molecule has 2 aromatic rings. The number of rotatable bonds is 5. The Hall–Kier alpha value is -1.97. The molecule has 0 aliphatic heterocycles. The first-order valence-corrected chi connectivity index (χ1v) is 6.43. The highest BCUT2D eigenvalue weighted by Crippen LogP contribution is 2.28. The summed E-state index contributed by atoms with van der Waals surface area (Å²) in [6, 6.07) is 6.80. The van der Waals surface area contributed by atoms with E-state index in [9.17, 15) is 0 Å². The van der Waals surface area contributed by atoms with Gasteiger partial charge < -0.3 is 14.5 Å². The van der Waals surface area contributed by atoms with Crippen LogP contribution in [0, 0.1) is 0 Å². The molecule has 1 heterocycles. The maximum Gasteiger partial charge on any atom is 0.294 e. The molecule has 0 amide bonds. The molecular formula is C15H20N2O2. The predicted octanol–water partition coefficient (Wildman–Crippen LogP) is 3.44. The molecule has 0 saturated carbocycles. The van der Waals surface area contributed by atoms with E-state index in [4.69, 9.17) is 9.15 Å². The summed E-state index contributed by atoms with van der Waals surface area (Å²) in [6.45, 7) is 4.32. The SMILES string of the molecule is CNc1ncc(Cc2ccc(OC)c(C(C)C)c2)o1. The van der Waals surface area contributed by atoms with E-state index in [0.29, 0.717) is 11.9 Å². The Bertz CT molecular complexity index is 547. The van der Waals surface area contributed by atoms with Gasteiger partial charge in [-0.25, -0.2) is 4.98 Å². The summed E-state index contributed by atoms with van der Waals surface area (Å²) in [5, 5.41) is 2.88. The lowest BCUT2D eigenvalue weighted by Crippen LogP contribution is -1.96. The van der Waals surface area contributed by atoms with Gasteiger partial charge in [-0.1, -0.05) is 26.0 Å². The first-order chi connectivity index (χ1) is 9.13. The minimum absolute atomic E-state index is 0.428. The fourth-order valence-corrected chi connectivity index (χ4v) is 2.05. The molecule has 19 heavy (non-hydrogen) atoms. The van der Waals surface area contributed by atoms with E-state index >= 15 is 0 Å². The smallest absolute Gasteiger partial charge is 0.294 e. The Balaban J connectivity index is 2.23. The van der Waals surface area contributed by atoms with E-state index in [-0.39, 0.29) is 0 Å². The molecule has 1 aromatic carbocycles. The number of anilines is 1. The molecule has 0 aliphatic carbocycles. The lowest BCUT2D eigenvalue weighted by molar-refractivity contribution is 0.407. The number of nitrogens with one attached hydrogen (secondary N) is 1. The molecule has 0 atom stereocenters. The first kappa shape index (κ1) is 13.5. The average molecular weight is 260 g/mol. The molecule has 0 unspecified atom stereocenters. The van der Waals surface area contributed by atoms with E-state index in [1.807, 2.05) is 6.07 Å². The molecule has 2 rings (SSSR count). The number of oxazole rings is 1. The second-order valence-electron chi connectivity index (χ2n) is 4.79. The fraction of sp³-hybridized carbons (Fsp3) is 0.400. The van der Waals surface area contributed by atoms with Crippen LogP contribution in [-0.2, 0) is 6.42 Å². The molecule has 1 aromatic heterocycles. The molecular weight excluding hydrogens is 240 g/mol. The lowest BCUT2D eigenvalue weighted by Gasteiger charge is -2.13. The van der Waals surface area contributed by atoms with E-state index in [2.05, 4.69) is 36.3 Å². The van der Waals surface area contributed by atoms with Gasteiger partial charge in [0.2, 0.25) is 0 Å². The third-order valence-corrected chi connectivity index (χ3v) is 3.06. The zero-order valence-corrected chi connectivity index (χ0v) is 11.9. The monoisotopic (exact) mass is 260 g/mol. The van der Waals surface area contributed by atoms with Crippen molar-refractivity contribution in [3.8, 4) is 5.75 Å². The molecule has 4 nitrogen and oxygen atoms in total. The van der Waals surface area contributed by atoms with Gasteiger partial charge in [0.1, 0.15) is 11.5 Å². The Kier molecular flexibility index (Phi) is 4.10. The van der Waals surface area contributed by atoms with Gasteiger partial charge >= 0.3 is 0 Å². The standard InChI is InChI=1S/C15H20N2O2/c1-10(2)13-8-11(5-6-14(13)18-4)7-12-9-17-15(16-3)19-12/h5-6,8-10H,7H2,1-4H3,(H,16,17). The van der Waals surface area contributed by atoms with Gasteiger partial charge in [0, 0.05) is 13.5 Å². The second-order valence-corrected chi connectivity index (χ2v) is 4.79. The summed E-state index contributed by atoms with van der Waals surface area (Å²) in [6.07, 6.45) is 2.49. The highest BCUT2D eigenvalue weighted by Gasteiger charge is 2.10. The van der Waals surface area contributed by atoms with Crippen molar-refractivity contribution in [1.29, 1.82) is 0 Å². The number of nitrogens with zero attached hydrogens (tertiary/aromatic N) is 1. The maximum absolute atomic E-state index is 5.54. The van der Waals surface area contributed by atoms with Crippen molar-refractivity contribution in [1.82, 2.24) is 4.98 Å². The number of ether oxygens (including phenoxy) is 1.